The molecule has 0 aliphatic carbocycles. The number of carbonyl (C=O) groups is 1. The molecule has 1 fully saturated rings. The Hall–Kier alpha value is -4.53. The zero-order chi connectivity index (χ0) is 30.0. The number of morpholine rings is 1. The van der Waals surface area contributed by atoms with E-state index in [2.05, 4.69) is 54.5 Å². The lowest BCUT2D eigenvalue weighted by atomic mass is 9.92. The molecule has 220 valence electrons. The van der Waals surface area contributed by atoms with Gasteiger partial charge in [-0.15, -0.1) is 0 Å². The SMILES string of the molecule is Cc1ccc(-n2nc(C(C)(C)C)cc2NC(=O)Nc2ccc(-c3cc(CN4CCOCC4)ccn3)c3ccccc23)cc1. The number of anilines is 2. The second kappa shape index (κ2) is 12.0. The molecule has 3 aromatic carbocycles. The Balaban J connectivity index is 1.27. The van der Waals surface area contributed by atoms with Crippen molar-refractivity contribution in [3.05, 3.63) is 102 Å². The number of aryl methyl sites for hydroxylation is 1. The van der Waals surface area contributed by atoms with E-state index in [1.807, 2.05) is 73.8 Å². The first kappa shape index (κ1) is 28.6. The van der Waals surface area contributed by atoms with Gasteiger partial charge in [-0.1, -0.05) is 68.8 Å². The Labute approximate surface area is 252 Å². The van der Waals surface area contributed by atoms with E-state index in [1.165, 1.54) is 5.56 Å². The predicted molar refractivity (Wildman–Crippen MR) is 173 cm³/mol. The normalized spacial score (nSPS) is 14.1. The fourth-order valence-electron chi connectivity index (χ4n) is 5.36. The number of nitrogens with one attached hydrogen (secondary N) is 2. The van der Waals surface area contributed by atoms with Crippen molar-refractivity contribution >= 4 is 28.3 Å². The maximum absolute atomic E-state index is 13.4. The van der Waals surface area contributed by atoms with Crippen LogP contribution in [-0.2, 0) is 16.7 Å². The Morgan fingerprint density at radius 1 is 0.907 bits per heavy atom. The Morgan fingerprint density at radius 2 is 1.65 bits per heavy atom. The number of pyridine rings is 1. The zero-order valence-corrected chi connectivity index (χ0v) is 25.2. The number of rotatable bonds is 6. The molecule has 1 saturated heterocycles. The van der Waals surface area contributed by atoms with Crippen LogP contribution in [0.2, 0.25) is 0 Å². The molecule has 0 unspecified atom stereocenters. The van der Waals surface area contributed by atoms with Gasteiger partial charge in [0.25, 0.3) is 0 Å². The molecule has 1 aliphatic heterocycles. The van der Waals surface area contributed by atoms with Crippen LogP contribution < -0.4 is 10.6 Å². The van der Waals surface area contributed by atoms with E-state index in [-0.39, 0.29) is 11.4 Å². The maximum Gasteiger partial charge on any atom is 0.324 e. The lowest BCUT2D eigenvalue weighted by molar-refractivity contribution is 0.0342. The molecule has 2 amide bonds. The van der Waals surface area contributed by atoms with Crippen LogP contribution in [-0.4, -0.2) is 52.0 Å². The van der Waals surface area contributed by atoms with E-state index >= 15 is 0 Å². The fraction of sp³-hybridized carbons (Fsp3) is 0.286. The molecule has 0 spiro atoms. The van der Waals surface area contributed by atoms with Gasteiger partial charge >= 0.3 is 6.03 Å². The van der Waals surface area contributed by atoms with Gasteiger partial charge in [0.1, 0.15) is 5.82 Å². The summed E-state index contributed by atoms with van der Waals surface area (Å²) in [6, 6.07) is 26.0. The standard InChI is InChI=1S/C35H38N6O2/c1-24-9-11-26(12-10-24)41-33(22-32(39-41)35(2,3)4)38-34(42)37-30-14-13-29(27-7-5-6-8-28(27)30)31-21-25(15-16-36-31)23-40-17-19-43-20-18-40/h5-16,21-22H,17-20,23H2,1-4H3,(H2,37,38,42). The second-order valence-electron chi connectivity index (χ2n) is 12.1. The lowest BCUT2D eigenvalue weighted by Gasteiger charge is -2.26. The number of carbonyl (C=O) groups excluding carboxylic acids is 1. The monoisotopic (exact) mass is 574 g/mol. The third-order valence-electron chi connectivity index (χ3n) is 7.78. The average Bonchev–Trinajstić information content (AvgIpc) is 3.43. The van der Waals surface area contributed by atoms with Crippen LogP contribution in [0.5, 0.6) is 0 Å². The van der Waals surface area contributed by atoms with E-state index in [0.29, 0.717) is 5.82 Å². The molecule has 8 heteroatoms. The summed E-state index contributed by atoms with van der Waals surface area (Å²) in [5.41, 5.74) is 6.63. The van der Waals surface area contributed by atoms with Gasteiger partial charge in [-0.05, 0) is 48.2 Å². The minimum atomic E-state index is -0.336. The van der Waals surface area contributed by atoms with Crippen molar-refractivity contribution in [2.75, 3.05) is 36.9 Å². The molecule has 5 aromatic rings. The zero-order valence-electron chi connectivity index (χ0n) is 25.2. The first-order chi connectivity index (χ1) is 20.7. The molecular formula is C35H38N6O2. The third-order valence-corrected chi connectivity index (χ3v) is 7.78. The molecular weight excluding hydrogens is 536 g/mol. The molecule has 0 radical (unpaired) electrons. The van der Waals surface area contributed by atoms with Crippen molar-refractivity contribution in [1.82, 2.24) is 19.7 Å². The average molecular weight is 575 g/mol. The summed E-state index contributed by atoms with van der Waals surface area (Å²) in [5, 5.41) is 12.9. The van der Waals surface area contributed by atoms with Crippen LogP contribution in [0.15, 0.2) is 85.1 Å². The fourth-order valence-corrected chi connectivity index (χ4v) is 5.36. The summed E-state index contributed by atoms with van der Waals surface area (Å²) >= 11 is 0. The van der Waals surface area contributed by atoms with E-state index in [0.717, 1.165) is 77.5 Å². The first-order valence-corrected chi connectivity index (χ1v) is 14.8. The van der Waals surface area contributed by atoms with Crippen LogP contribution in [0, 0.1) is 6.92 Å². The van der Waals surface area contributed by atoms with Gasteiger partial charge in [0.2, 0.25) is 0 Å². The van der Waals surface area contributed by atoms with Gasteiger partial charge in [0, 0.05) is 48.3 Å². The summed E-state index contributed by atoms with van der Waals surface area (Å²) in [5.74, 6) is 0.605. The molecule has 1 aliphatic rings. The highest BCUT2D eigenvalue weighted by Crippen LogP contribution is 2.33. The van der Waals surface area contributed by atoms with Gasteiger partial charge in [-0.3, -0.25) is 15.2 Å². The first-order valence-electron chi connectivity index (χ1n) is 14.8. The van der Waals surface area contributed by atoms with Crippen LogP contribution in [0.4, 0.5) is 16.3 Å². The lowest BCUT2D eigenvalue weighted by Crippen LogP contribution is -2.35. The second-order valence-corrected chi connectivity index (χ2v) is 12.1. The molecule has 3 heterocycles. The van der Waals surface area contributed by atoms with Crippen molar-refractivity contribution < 1.29 is 9.53 Å². The number of nitrogens with zero attached hydrogens (tertiary/aromatic N) is 4. The molecule has 0 saturated carbocycles. The number of amides is 2. The summed E-state index contributed by atoms with van der Waals surface area (Å²) in [6.07, 6.45) is 1.88. The summed E-state index contributed by atoms with van der Waals surface area (Å²) in [6.45, 7) is 12.7. The maximum atomic E-state index is 13.4. The van der Waals surface area contributed by atoms with Crippen LogP contribution in [0.3, 0.4) is 0 Å². The summed E-state index contributed by atoms with van der Waals surface area (Å²) in [7, 11) is 0. The number of hydrogen-bond acceptors (Lipinski definition) is 5. The molecule has 0 atom stereocenters. The molecule has 2 N–H and O–H groups in total. The Kier molecular flexibility index (Phi) is 7.97. The highest BCUT2D eigenvalue weighted by molar-refractivity contribution is 6.09. The topological polar surface area (TPSA) is 84.3 Å². The number of hydrogen-bond donors (Lipinski definition) is 2. The number of urea groups is 1. The summed E-state index contributed by atoms with van der Waals surface area (Å²) in [4.78, 5) is 20.5. The summed E-state index contributed by atoms with van der Waals surface area (Å²) < 4.78 is 7.29. The molecule has 0 bridgehead atoms. The Bertz CT molecular complexity index is 1750. The van der Waals surface area contributed by atoms with Gasteiger partial charge in [-0.2, -0.15) is 5.10 Å². The molecule has 6 rings (SSSR count). The van der Waals surface area contributed by atoms with Crippen molar-refractivity contribution in [2.24, 2.45) is 0 Å². The third kappa shape index (κ3) is 6.45. The van der Waals surface area contributed by atoms with Crippen LogP contribution >= 0.6 is 0 Å². The molecule has 8 nitrogen and oxygen atoms in total. The number of aromatic nitrogens is 3. The molecule has 2 aromatic heterocycles. The van der Waals surface area contributed by atoms with Crippen molar-refractivity contribution in [2.45, 2.75) is 39.7 Å². The predicted octanol–water partition coefficient (Wildman–Crippen LogP) is 7.17. The van der Waals surface area contributed by atoms with Gasteiger partial charge in [-0.25, -0.2) is 9.48 Å². The number of ether oxygens (including phenoxy) is 1. The number of benzene rings is 3. The Morgan fingerprint density at radius 3 is 2.40 bits per heavy atom. The number of fused-ring (bicyclic) bond motifs is 1. The van der Waals surface area contributed by atoms with Gasteiger partial charge < -0.3 is 10.1 Å². The van der Waals surface area contributed by atoms with Crippen LogP contribution in [0.1, 0.15) is 37.6 Å². The van der Waals surface area contributed by atoms with E-state index in [4.69, 9.17) is 14.8 Å². The quantitative estimate of drug-likeness (QED) is 0.225. The van der Waals surface area contributed by atoms with E-state index in [9.17, 15) is 4.79 Å². The smallest absolute Gasteiger partial charge is 0.324 e. The highest BCUT2D eigenvalue weighted by Gasteiger charge is 2.22. The minimum absolute atomic E-state index is 0.178. The van der Waals surface area contributed by atoms with Crippen molar-refractivity contribution in [3.63, 3.8) is 0 Å². The van der Waals surface area contributed by atoms with Crippen molar-refractivity contribution in [1.29, 1.82) is 0 Å². The highest BCUT2D eigenvalue weighted by atomic mass is 16.5. The minimum Gasteiger partial charge on any atom is -0.379 e. The van der Waals surface area contributed by atoms with E-state index in [1.54, 1.807) is 4.68 Å². The van der Waals surface area contributed by atoms with Crippen LogP contribution in [0.25, 0.3) is 27.7 Å². The van der Waals surface area contributed by atoms with Gasteiger partial charge in [0.15, 0.2) is 0 Å². The molecule has 43 heavy (non-hydrogen) atoms. The van der Waals surface area contributed by atoms with Gasteiger partial charge in [0.05, 0.1) is 36.0 Å². The largest absolute Gasteiger partial charge is 0.379 e. The van der Waals surface area contributed by atoms with E-state index < -0.39 is 0 Å². The van der Waals surface area contributed by atoms with Crippen molar-refractivity contribution in [3.8, 4) is 16.9 Å².